The molecule has 0 spiro atoms. The summed E-state index contributed by atoms with van der Waals surface area (Å²) in [6.07, 6.45) is -4.87. The number of hydrogen-bond acceptors (Lipinski definition) is 6. The average molecular weight is 494 g/mol. The SMILES string of the molecule is CCOC(=O)C1(C)CC(c2cc(NC(=O)N(C)/C(=C\C(C)=O)C(F)(F)F)c(F)cc2Cl)=NO1. The number of esters is 1. The van der Waals surface area contributed by atoms with Crippen LogP contribution in [-0.4, -0.2) is 53.8 Å². The van der Waals surface area contributed by atoms with E-state index in [4.69, 9.17) is 21.2 Å². The largest absolute Gasteiger partial charge is 0.463 e. The fraction of sp³-hybridized carbons (Fsp3) is 0.400. The molecule has 2 rings (SSSR count). The van der Waals surface area contributed by atoms with Crippen LogP contribution in [-0.2, 0) is 19.2 Å². The summed E-state index contributed by atoms with van der Waals surface area (Å²) >= 11 is 6.07. The molecule has 180 valence electrons. The third-order valence-corrected chi connectivity index (χ3v) is 4.79. The van der Waals surface area contributed by atoms with E-state index in [0.29, 0.717) is 0 Å². The molecule has 0 bridgehead atoms. The Bertz CT molecular complexity index is 1040. The van der Waals surface area contributed by atoms with Gasteiger partial charge in [0.1, 0.15) is 11.5 Å². The van der Waals surface area contributed by atoms with Gasteiger partial charge in [-0.15, -0.1) is 0 Å². The van der Waals surface area contributed by atoms with Crippen LogP contribution in [0.4, 0.5) is 28.0 Å². The maximum absolute atomic E-state index is 14.4. The zero-order valence-corrected chi connectivity index (χ0v) is 18.7. The van der Waals surface area contributed by atoms with E-state index >= 15 is 0 Å². The Kier molecular flexibility index (Phi) is 7.73. The highest BCUT2D eigenvalue weighted by atomic mass is 35.5. The number of allylic oxidation sites excluding steroid dienone is 2. The van der Waals surface area contributed by atoms with E-state index < -0.39 is 46.8 Å². The Morgan fingerprint density at radius 2 is 2.00 bits per heavy atom. The minimum absolute atomic E-state index is 0.0827. The number of ether oxygens (including phenoxy) is 1. The van der Waals surface area contributed by atoms with Gasteiger partial charge in [0.25, 0.3) is 0 Å². The first-order chi connectivity index (χ1) is 15.2. The van der Waals surface area contributed by atoms with E-state index in [9.17, 15) is 31.9 Å². The fourth-order valence-electron chi connectivity index (χ4n) is 2.81. The molecule has 0 fully saturated rings. The van der Waals surface area contributed by atoms with Gasteiger partial charge in [0.05, 0.1) is 23.0 Å². The number of nitrogens with zero attached hydrogens (tertiary/aromatic N) is 2. The van der Waals surface area contributed by atoms with Gasteiger partial charge in [-0.2, -0.15) is 13.2 Å². The summed E-state index contributed by atoms with van der Waals surface area (Å²) in [4.78, 5) is 40.9. The molecule has 1 heterocycles. The second-order valence-electron chi connectivity index (χ2n) is 7.20. The number of anilines is 1. The molecule has 1 unspecified atom stereocenters. The first-order valence-electron chi connectivity index (χ1n) is 9.45. The van der Waals surface area contributed by atoms with E-state index in [2.05, 4.69) is 5.16 Å². The molecule has 0 saturated carbocycles. The smallest absolute Gasteiger partial charge is 0.431 e. The Morgan fingerprint density at radius 3 is 2.55 bits per heavy atom. The number of ketones is 1. The molecule has 1 atom stereocenters. The zero-order valence-electron chi connectivity index (χ0n) is 18.0. The summed E-state index contributed by atoms with van der Waals surface area (Å²) in [6, 6.07) is 0.503. The Hall–Kier alpha value is -3.15. The van der Waals surface area contributed by atoms with Crippen molar-refractivity contribution in [3.63, 3.8) is 0 Å². The number of rotatable bonds is 6. The molecule has 0 saturated heterocycles. The second-order valence-corrected chi connectivity index (χ2v) is 7.60. The molecule has 2 amide bonds. The number of oxime groups is 1. The number of alkyl halides is 3. The Labute approximate surface area is 191 Å². The number of urea groups is 1. The highest BCUT2D eigenvalue weighted by Gasteiger charge is 2.44. The van der Waals surface area contributed by atoms with Gasteiger partial charge in [0.15, 0.2) is 5.78 Å². The first-order valence-corrected chi connectivity index (χ1v) is 9.83. The molecule has 1 aliphatic rings. The van der Waals surface area contributed by atoms with Gasteiger partial charge in [-0.3, -0.25) is 9.69 Å². The van der Waals surface area contributed by atoms with E-state index in [1.807, 2.05) is 5.32 Å². The van der Waals surface area contributed by atoms with Crippen LogP contribution in [0.5, 0.6) is 0 Å². The number of carbonyl (C=O) groups excluding carboxylic acids is 3. The van der Waals surface area contributed by atoms with E-state index in [-0.39, 0.29) is 40.3 Å². The predicted molar refractivity (Wildman–Crippen MR) is 110 cm³/mol. The highest BCUT2D eigenvalue weighted by molar-refractivity contribution is 6.34. The minimum atomic E-state index is -5.02. The monoisotopic (exact) mass is 493 g/mol. The van der Waals surface area contributed by atoms with Crippen molar-refractivity contribution in [1.82, 2.24) is 4.90 Å². The third kappa shape index (κ3) is 6.01. The van der Waals surface area contributed by atoms with Crippen molar-refractivity contribution in [2.75, 3.05) is 19.0 Å². The van der Waals surface area contributed by atoms with Crippen LogP contribution in [0, 0.1) is 5.82 Å². The molecule has 1 aromatic carbocycles. The summed E-state index contributed by atoms with van der Waals surface area (Å²) in [7, 11) is 0.770. The van der Waals surface area contributed by atoms with Gasteiger partial charge in [0, 0.05) is 25.1 Å². The van der Waals surface area contributed by atoms with Crippen molar-refractivity contribution in [1.29, 1.82) is 0 Å². The van der Waals surface area contributed by atoms with Crippen molar-refractivity contribution < 1.29 is 41.5 Å². The molecule has 1 N–H and O–H groups in total. The molecule has 33 heavy (non-hydrogen) atoms. The van der Waals surface area contributed by atoms with Crippen molar-refractivity contribution >= 4 is 40.8 Å². The lowest BCUT2D eigenvalue weighted by atomic mass is 9.95. The molecular weight excluding hydrogens is 474 g/mol. The van der Waals surface area contributed by atoms with Gasteiger partial charge < -0.3 is 14.9 Å². The summed E-state index contributed by atoms with van der Waals surface area (Å²) < 4.78 is 59.0. The maximum Gasteiger partial charge on any atom is 0.431 e. The third-order valence-electron chi connectivity index (χ3n) is 4.47. The van der Waals surface area contributed by atoms with E-state index in [0.717, 1.165) is 26.1 Å². The van der Waals surface area contributed by atoms with Crippen molar-refractivity contribution in [2.24, 2.45) is 5.16 Å². The average Bonchev–Trinajstić information content (AvgIpc) is 3.10. The van der Waals surface area contributed by atoms with Gasteiger partial charge in [-0.05, 0) is 32.9 Å². The normalized spacial score (nSPS) is 18.3. The van der Waals surface area contributed by atoms with Crippen molar-refractivity contribution in [3.05, 3.63) is 40.3 Å². The van der Waals surface area contributed by atoms with Crippen molar-refractivity contribution in [2.45, 2.75) is 39.0 Å². The minimum Gasteiger partial charge on any atom is -0.463 e. The van der Waals surface area contributed by atoms with E-state index in [1.54, 1.807) is 6.92 Å². The lowest BCUT2D eigenvalue weighted by Crippen LogP contribution is -2.37. The number of amides is 2. The molecule has 13 heteroatoms. The molecule has 1 aliphatic heterocycles. The maximum atomic E-state index is 14.4. The zero-order chi connectivity index (χ0) is 25.1. The lowest BCUT2D eigenvalue weighted by Gasteiger charge is -2.23. The molecule has 8 nitrogen and oxygen atoms in total. The van der Waals surface area contributed by atoms with Crippen LogP contribution in [0.25, 0.3) is 0 Å². The first kappa shape index (κ1) is 26.1. The number of carbonyl (C=O) groups is 3. The fourth-order valence-corrected chi connectivity index (χ4v) is 3.07. The lowest BCUT2D eigenvalue weighted by molar-refractivity contribution is -0.166. The topological polar surface area (TPSA) is 97.3 Å². The van der Waals surface area contributed by atoms with Gasteiger partial charge in [-0.25, -0.2) is 14.0 Å². The van der Waals surface area contributed by atoms with Crippen LogP contribution >= 0.6 is 11.6 Å². The van der Waals surface area contributed by atoms with Crippen molar-refractivity contribution in [3.8, 4) is 0 Å². The molecular formula is C20H20ClF4N3O5. The van der Waals surface area contributed by atoms with Gasteiger partial charge in [0.2, 0.25) is 5.60 Å². The van der Waals surface area contributed by atoms with Gasteiger partial charge in [-0.1, -0.05) is 16.8 Å². The van der Waals surface area contributed by atoms with Crippen LogP contribution < -0.4 is 5.32 Å². The summed E-state index contributed by atoms with van der Waals surface area (Å²) in [5.41, 5.74) is -3.29. The van der Waals surface area contributed by atoms with E-state index in [1.165, 1.54) is 6.92 Å². The van der Waals surface area contributed by atoms with Crippen LogP contribution in [0.3, 0.4) is 0 Å². The molecule has 0 aromatic heterocycles. The number of benzene rings is 1. The number of hydrogen-bond donors (Lipinski definition) is 1. The second kappa shape index (κ2) is 9.77. The Balaban J connectivity index is 2.32. The summed E-state index contributed by atoms with van der Waals surface area (Å²) in [5.74, 6) is -2.66. The standard InChI is InChI=1S/C20H20ClF4N3O5/c1-5-32-17(30)19(3)9-15(27-33-19)11-7-14(13(22)8-12(11)21)26-18(31)28(4)16(6-10(2)29)20(23,24)25/h6-8H,5,9H2,1-4H3,(H,26,31)/b16-6-. The summed E-state index contributed by atoms with van der Waals surface area (Å²) in [5, 5.41) is 5.66. The molecule has 1 aromatic rings. The van der Waals surface area contributed by atoms with Crippen LogP contribution in [0.1, 0.15) is 32.8 Å². The Morgan fingerprint density at radius 1 is 1.36 bits per heavy atom. The summed E-state index contributed by atoms with van der Waals surface area (Å²) in [6.45, 7) is 4.02. The molecule has 0 radical (unpaired) electrons. The predicted octanol–water partition coefficient (Wildman–Crippen LogP) is 4.42. The molecule has 0 aliphatic carbocycles. The number of halogens is 5. The van der Waals surface area contributed by atoms with Gasteiger partial charge >= 0.3 is 18.2 Å². The highest BCUT2D eigenvalue weighted by Crippen LogP contribution is 2.33. The van der Waals surface area contributed by atoms with Crippen LogP contribution in [0.15, 0.2) is 29.1 Å². The quantitative estimate of drug-likeness (QED) is 0.359. The van der Waals surface area contributed by atoms with Crippen LogP contribution in [0.2, 0.25) is 5.02 Å². The number of nitrogens with one attached hydrogen (secondary N) is 1.